The van der Waals surface area contributed by atoms with E-state index in [1.165, 1.54) is 6.92 Å². The second-order valence-corrected chi connectivity index (χ2v) is 7.61. The Morgan fingerprint density at radius 3 is 2.77 bits per heavy atom. The zero-order chi connectivity index (χ0) is 19.1. The molecule has 2 amide bonds. The van der Waals surface area contributed by atoms with Crippen molar-refractivity contribution in [3.05, 3.63) is 28.3 Å². The monoisotopic (exact) mass is 383 g/mol. The van der Waals surface area contributed by atoms with E-state index >= 15 is 0 Å². The van der Waals surface area contributed by atoms with Crippen LogP contribution in [0.3, 0.4) is 0 Å². The number of thiophene rings is 1. The average Bonchev–Trinajstić information content (AvgIpc) is 3.20. The van der Waals surface area contributed by atoms with Gasteiger partial charge >= 0.3 is 5.92 Å². The van der Waals surface area contributed by atoms with Crippen molar-refractivity contribution in [2.75, 3.05) is 13.1 Å². The molecule has 2 N–H and O–H groups in total. The average molecular weight is 383 g/mol. The first-order valence-corrected chi connectivity index (χ1v) is 9.03. The van der Waals surface area contributed by atoms with Gasteiger partial charge in [0.2, 0.25) is 11.7 Å². The van der Waals surface area contributed by atoms with Crippen LogP contribution in [0.25, 0.3) is 10.6 Å². The molecule has 0 aromatic carbocycles. The van der Waals surface area contributed by atoms with Crippen LogP contribution in [-0.2, 0) is 10.7 Å². The lowest BCUT2D eigenvalue weighted by Gasteiger charge is -2.30. The van der Waals surface area contributed by atoms with Crippen molar-refractivity contribution in [3.8, 4) is 10.6 Å². The molecule has 1 aliphatic heterocycles. The smallest absolute Gasteiger partial charge is 0.304 e. The number of alkyl halides is 2. The first kappa shape index (κ1) is 18.5. The summed E-state index contributed by atoms with van der Waals surface area (Å²) in [5.74, 6) is -4.54. The lowest BCUT2D eigenvalue weighted by atomic mass is 9.97. The molecule has 1 unspecified atom stereocenters. The van der Waals surface area contributed by atoms with Gasteiger partial charge in [0.1, 0.15) is 5.69 Å². The summed E-state index contributed by atoms with van der Waals surface area (Å²) >= 11 is 1.16. The van der Waals surface area contributed by atoms with Gasteiger partial charge in [0, 0.05) is 25.6 Å². The molecule has 26 heavy (non-hydrogen) atoms. The third-order valence-corrected chi connectivity index (χ3v) is 5.56. The van der Waals surface area contributed by atoms with Gasteiger partial charge in [0.25, 0.3) is 5.91 Å². The highest BCUT2D eigenvalue weighted by atomic mass is 32.1. The minimum absolute atomic E-state index is 0.200. The predicted molar refractivity (Wildman–Crippen MR) is 91.9 cm³/mol. The van der Waals surface area contributed by atoms with Crippen LogP contribution in [0.4, 0.5) is 8.78 Å². The zero-order valence-corrected chi connectivity index (χ0v) is 15.2. The van der Waals surface area contributed by atoms with E-state index in [1.807, 2.05) is 0 Å². The van der Waals surface area contributed by atoms with Crippen molar-refractivity contribution >= 4 is 23.2 Å². The maximum Gasteiger partial charge on any atom is 0.304 e. The van der Waals surface area contributed by atoms with Crippen LogP contribution in [0.5, 0.6) is 0 Å². The fraction of sp³-hybridized carbons (Fsp3) is 0.471. The summed E-state index contributed by atoms with van der Waals surface area (Å²) in [4.78, 5) is 26.7. The number of carbonyl (C=O) groups is 2. The Morgan fingerprint density at radius 1 is 1.42 bits per heavy atom. The van der Waals surface area contributed by atoms with Crippen molar-refractivity contribution in [3.63, 3.8) is 0 Å². The van der Waals surface area contributed by atoms with Crippen LogP contribution < -0.4 is 5.73 Å². The van der Waals surface area contributed by atoms with Gasteiger partial charge in [-0.1, -0.05) is 5.16 Å². The lowest BCUT2D eigenvalue weighted by molar-refractivity contribution is -0.123. The molecular formula is C17H19F2N3O3S. The van der Waals surface area contributed by atoms with Gasteiger partial charge in [0.15, 0.2) is 0 Å². The Balaban J connectivity index is 1.81. The first-order chi connectivity index (χ1) is 12.2. The number of hydrogen-bond donors (Lipinski definition) is 1. The van der Waals surface area contributed by atoms with Crippen LogP contribution in [0.15, 0.2) is 16.7 Å². The molecule has 2 aromatic rings. The number of primary amides is 1. The molecule has 140 valence electrons. The van der Waals surface area contributed by atoms with Gasteiger partial charge in [-0.15, -0.1) is 11.3 Å². The summed E-state index contributed by atoms with van der Waals surface area (Å²) in [6.45, 7) is 3.13. The van der Waals surface area contributed by atoms with Crippen LogP contribution in [0.2, 0.25) is 0 Å². The highest BCUT2D eigenvalue weighted by molar-refractivity contribution is 7.17. The highest BCUT2D eigenvalue weighted by Gasteiger charge is 2.34. The molecule has 1 saturated heterocycles. The van der Waals surface area contributed by atoms with Crippen LogP contribution in [0.1, 0.15) is 40.8 Å². The number of rotatable bonds is 4. The van der Waals surface area contributed by atoms with Gasteiger partial charge in [-0.25, -0.2) is 0 Å². The van der Waals surface area contributed by atoms with E-state index in [4.69, 9.17) is 10.3 Å². The van der Waals surface area contributed by atoms with E-state index in [0.29, 0.717) is 35.0 Å². The topological polar surface area (TPSA) is 89.4 Å². The number of nitrogens with two attached hydrogens (primary N) is 1. The summed E-state index contributed by atoms with van der Waals surface area (Å²) in [6, 6.07) is 3.30. The predicted octanol–water partition coefficient (Wildman–Crippen LogP) is 3.16. The minimum Gasteiger partial charge on any atom is -0.369 e. The van der Waals surface area contributed by atoms with Crippen LogP contribution in [-0.4, -0.2) is 35.0 Å². The molecule has 6 nitrogen and oxygen atoms in total. The van der Waals surface area contributed by atoms with Gasteiger partial charge < -0.3 is 15.2 Å². The number of amides is 2. The first-order valence-electron chi connectivity index (χ1n) is 8.22. The van der Waals surface area contributed by atoms with E-state index in [1.54, 1.807) is 17.0 Å². The van der Waals surface area contributed by atoms with Gasteiger partial charge in [-0.3, -0.25) is 9.59 Å². The van der Waals surface area contributed by atoms with E-state index < -0.39 is 17.6 Å². The molecule has 3 heterocycles. The van der Waals surface area contributed by atoms with Crippen molar-refractivity contribution in [1.29, 1.82) is 0 Å². The minimum atomic E-state index is -3.12. The quantitative estimate of drug-likeness (QED) is 0.878. The molecular weight excluding hydrogens is 364 g/mol. The molecule has 9 heteroatoms. The molecule has 0 aliphatic carbocycles. The summed E-state index contributed by atoms with van der Waals surface area (Å²) in [7, 11) is 0. The van der Waals surface area contributed by atoms with Crippen LogP contribution >= 0.6 is 11.3 Å². The number of likely N-dealkylation sites (tertiary alicyclic amines) is 1. The summed E-state index contributed by atoms with van der Waals surface area (Å²) in [5, 5.41) is 3.74. The number of carbonyl (C=O) groups excluding carboxylic acids is 2. The number of aromatic nitrogens is 1. The van der Waals surface area contributed by atoms with E-state index in [2.05, 4.69) is 5.16 Å². The molecule has 0 bridgehead atoms. The fourth-order valence-electron chi connectivity index (χ4n) is 3.10. The maximum atomic E-state index is 13.5. The molecule has 2 aromatic heterocycles. The largest absolute Gasteiger partial charge is 0.369 e. The maximum absolute atomic E-state index is 13.5. The number of piperidine rings is 1. The van der Waals surface area contributed by atoms with Gasteiger partial charge in [-0.05, 0) is 31.9 Å². The number of hydrogen-bond acceptors (Lipinski definition) is 5. The summed E-state index contributed by atoms with van der Waals surface area (Å²) in [5.41, 5.74) is 5.91. The molecule has 1 fully saturated rings. The van der Waals surface area contributed by atoms with E-state index in [9.17, 15) is 18.4 Å². The molecule has 1 aliphatic rings. The van der Waals surface area contributed by atoms with Crippen LogP contribution in [0, 0.1) is 12.8 Å². The zero-order valence-electron chi connectivity index (χ0n) is 14.4. The normalized spacial score (nSPS) is 18.2. The summed E-state index contributed by atoms with van der Waals surface area (Å²) in [6.07, 6.45) is 1.40. The Hall–Kier alpha value is -2.29. The second kappa shape index (κ2) is 6.79. The van der Waals surface area contributed by atoms with E-state index in [0.717, 1.165) is 24.7 Å². The Bertz CT molecular complexity index is 841. The Labute approximate surface area is 152 Å². The van der Waals surface area contributed by atoms with Gasteiger partial charge in [-0.2, -0.15) is 8.78 Å². The SMILES string of the molecule is Cc1c(-c2ccc(C(=O)N3CCCC(C(N)=O)C3)s2)noc1C(C)(F)F. The Kier molecular flexibility index (Phi) is 4.83. The molecule has 0 radical (unpaired) electrons. The van der Waals surface area contributed by atoms with Crippen molar-refractivity contribution in [1.82, 2.24) is 10.1 Å². The fourth-order valence-corrected chi connectivity index (χ4v) is 4.12. The highest BCUT2D eigenvalue weighted by Crippen LogP contribution is 2.37. The van der Waals surface area contributed by atoms with Gasteiger partial charge in [0.05, 0.1) is 15.7 Å². The number of halogens is 2. The molecule has 3 rings (SSSR count). The number of nitrogens with zero attached hydrogens (tertiary/aromatic N) is 2. The van der Waals surface area contributed by atoms with Crippen molar-refractivity contribution in [2.45, 2.75) is 32.6 Å². The Morgan fingerprint density at radius 2 is 2.15 bits per heavy atom. The lowest BCUT2D eigenvalue weighted by Crippen LogP contribution is -2.43. The standard InChI is InChI=1S/C17H19F2N3O3S/c1-9-13(21-25-14(9)17(2,18)19)11-5-6-12(26-11)16(24)22-7-3-4-10(8-22)15(20)23/h5-6,10H,3-4,7-8H2,1-2H3,(H2,20,23). The van der Waals surface area contributed by atoms with E-state index in [-0.39, 0.29) is 17.4 Å². The molecule has 1 atom stereocenters. The van der Waals surface area contributed by atoms with Crippen molar-refractivity contribution in [2.24, 2.45) is 11.7 Å². The molecule has 0 saturated carbocycles. The molecule has 0 spiro atoms. The van der Waals surface area contributed by atoms with Crippen molar-refractivity contribution < 1.29 is 22.9 Å². The summed E-state index contributed by atoms with van der Waals surface area (Å²) < 4.78 is 31.8. The third kappa shape index (κ3) is 3.48. The third-order valence-electron chi connectivity index (χ3n) is 4.48. The second-order valence-electron chi connectivity index (χ2n) is 6.53.